The van der Waals surface area contributed by atoms with Crippen LogP contribution in [0, 0.1) is 5.92 Å². The van der Waals surface area contributed by atoms with Crippen molar-refractivity contribution in [2.75, 3.05) is 38.5 Å². The van der Waals surface area contributed by atoms with Gasteiger partial charge in [-0.1, -0.05) is 13.0 Å². The molecule has 1 aromatic heterocycles. The van der Waals surface area contributed by atoms with Crippen LogP contribution < -0.4 is 9.46 Å². The molecule has 3 rings (SSSR count). The Hall–Kier alpha value is -2.14. The molecule has 8 nitrogen and oxygen atoms in total. The zero-order valence-corrected chi connectivity index (χ0v) is 20.4. The van der Waals surface area contributed by atoms with Crippen molar-refractivity contribution >= 4 is 33.0 Å². The van der Waals surface area contributed by atoms with Crippen LogP contribution in [0.2, 0.25) is 0 Å². The highest BCUT2D eigenvalue weighted by Gasteiger charge is 2.31. The lowest BCUT2D eigenvalue weighted by Crippen LogP contribution is -2.47. The smallest absolute Gasteiger partial charge is 0.271 e. The molecule has 3 atom stereocenters. The fourth-order valence-electron chi connectivity index (χ4n) is 3.69. The summed E-state index contributed by atoms with van der Waals surface area (Å²) in [6.45, 7) is 4.84. The van der Waals surface area contributed by atoms with Crippen LogP contribution in [0.25, 0.3) is 0 Å². The second kappa shape index (κ2) is 10.2. The minimum Gasteiger partial charge on any atom is -0.488 e. The lowest BCUT2D eigenvalue weighted by molar-refractivity contribution is -0.134. The minimum absolute atomic E-state index is 0.0262. The number of aliphatic hydroxyl groups is 1. The quantitative estimate of drug-likeness (QED) is 0.629. The van der Waals surface area contributed by atoms with Crippen molar-refractivity contribution in [1.29, 1.82) is 0 Å². The number of thiophene rings is 1. The van der Waals surface area contributed by atoms with Gasteiger partial charge in [0.15, 0.2) is 0 Å². The van der Waals surface area contributed by atoms with Gasteiger partial charge in [-0.2, -0.15) is 0 Å². The molecule has 0 fully saturated rings. The topological polar surface area (TPSA) is 99.2 Å². The third-order valence-corrected chi connectivity index (χ3v) is 8.25. The molecule has 0 radical (unpaired) electrons. The van der Waals surface area contributed by atoms with E-state index in [1.807, 2.05) is 32.8 Å². The van der Waals surface area contributed by atoms with E-state index in [0.717, 1.165) is 11.3 Å². The molecule has 0 spiro atoms. The SMILES string of the molecule is C[C@H]1CN([C@@H](C)CO)C(=O)Cc2cc(NS(=O)(=O)c3cccs3)ccc2O[C@@H]1CN(C)C. The fraction of sp³-hybridized carbons (Fsp3) is 0.500. The van der Waals surface area contributed by atoms with Crippen LogP contribution in [0.5, 0.6) is 5.75 Å². The molecule has 2 aromatic rings. The molecular weight excluding hydrogens is 450 g/mol. The summed E-state index contributed by atoms with van der Waals surface area (Å²) in [5.74, 6) is 0.458. The molecule has 1 aliphatic heterocycles. The molecule has 1 amide bonds. The number of hydrogen-bond donors (Lipinski definition) is 2. The van der Waals surface area contributed by atoms with E-state index in [2.05, 4.69) is 4.72 Å². The van der Waals surface area contributed by atoms with E-state index >= 15 is 0 Å². The van der Waals surface area contributed by atoms with Crippen molar-refractivity contribution in [3.8, 4) is 5.75 Å². The van der Waals surface area contributed by atoms with E-state index in [0.29, 0.717) is 30.1 Å². The number of carbonyl (C=O) groups is 1. The van der Waals surface area contributed by atoms with Gasteiger partial charge in [0.1, 0.15) is 16.1 Å². The maximum absolute atomic E-state index is 13.2. The van der Waals surface area contributed by atoms with Crippen LogP contribution in [0.1, 0.15) is 19.4 Å². The summed E-state index contributed by atoms with van der Waals surface area (Å²) in [5.41, 5.74) is 0.973. The van der Waals surface area contributed by atoms with Crippen LogP contribution in [0.3, 0.4) is 0 Å². The number of amides is 1. The van der Waals surface area contributed by atoms with Crippen molar-refractivity contribution in [3.05, 3.63) is 41.3 Å². The molecule has 32 heavy (non-hydrogen) atoms. The van der Waals surface area contributed by atoms with Gasteiger partial charge in [-0.3, -0.25) is 9.52 Å². The van der Waals surface area contributed by atoms with Crippen LogP contribution in [-0.4, -0.2) is 75.2 Å². The second-order valence-corrected chi connectivity index (χ2v) is 11.4. The Labute approximate surface area is 193 Å². The molecule has 1 aromatic carbocycles. The third kappa shape index (κ3) is 5.80. The highest BCUT2D eigenvalue weighted by Crippen LogP contribution is 2.30. The summed E-state index contributed by atoms with van der Waals surface area (Å²) >= 11 is 1.14. The number of benzene rings is 1. The van der Waals surface area contributed by atoms with Gasteiger partial charge >= 0.3 is 0 Å². The van der Waals surface area contributed by atoms with Crippen LogP contribution in [0.15, 0.2) is 39.9 Å². The number of sulfonamides is 1. The highest BCUT2D eigenvalue weighted by atomic mass is 32.2. The second-order valence-electron chi connectivity index (χ2n) is 8.51. The first kappa shape index (κ1) is 24.5. The molecule has 0 saturated heterocycles. The van der Waals surface area contributed by atoms with E-state index < -0.39 is 10.0 Å². The normalized spacial score (nSPS) is 20.7. The average Bonchev–Trinajstić information content (AvgIpc) is 3.28. The number of likely N-dealkylation sites (N-methyl/N-ethyl adjacent to an activating group) is 1. The molecule has 176 valence electrons. The van der Waals surface area contributed by atoms with Crippen molar-refractivity contribution < 1.29 is 23.1 Å². The Morgan fingerprint density at radius 3 is 2.72 bits per heavy atom. The van der Waals surface area contributed by atoms with E-state index in [9.17, 15) is 18.3 Å². The number of aliphatic hydroxyl groups excluding tert-OH is 1. The number of hydrogen-bond acceptors (Lipinski definition) is 7. The predicted molar refractivity (Wildman–Crippen MR) is 126 cm³/mol. The number of anilines is 1. The Bertz CT molecular complexity index is 1020. The first-order valence-electron chi connectivity index (χ1n) is 10.5. The van der Waals surface area contributed by atoms with Gasteiger partial charge in [0.25, 0.3) is 10.0 Å². The zero-order chi connectivity index (χ0) is 23.5. The van der Waals surface area contributed by atoms with Crippen LogP contribution in [-0.2, 0) is 21.2 Å². The van der Waals surface area contributed by atoms with Crippen LogP contribution in [0.4, 0.5) is 5.69 Å². The van der Waals surface area contributed by atoms with Crippen molar-refractivity contribution in [2.45, 2.75) is 36.6 Å². The molecule has 1 aliphatic rings. The van der Waals surface area contributed by atoms with Crippen molar-refractivity contribution in [1.82, 2.24) is 9.80 Å². The van der Waals surface area contributed by atoms with Gasteiger partial charge in [-0.05, 0) is 50.7 Å². The van der Waals surface area contributed by atoms with E-state index in [1.165, 1.54) is 0 Å². The Kier molecular flexibility index (Phi) is 7.81. The molecule has 0 unspecified atom stereocenters. The summed E-state index contributed by atoms with van der Waals surface area (Å²) in [6, 6.07) is 7.92. The molecule has 2 N–H and O–H groups in total. The summed E-state index contributed by atoms with van der Waals surface area (Å²) < 4.78 is 34.4. The Morgan fingerprint density at radius 1 is 1.34 bits per heavy atom. The van der Waals surface area contributed by atoms with Gasteiger partial charge < -0.3 is 19.6 Å². The van der Waals surface area contributed by atoms with E-state index in [1.54, 1.807) is 40.6 Å². The van der Waals surface area contributed by atoms with Gasteiger partial charge in [0.2, 0.25) is 5.91 Å². The van der Waals surface area contributed by atoms with Gasteiger partial charge in [0, 0.05) is 30.3 Å². The third-order valence-electron chi connectivity index (χ3n) is 5.47. The fourth-order valence-corrected chi connectivity index (χ4v) is 5.74. The summed E-state index contributed by atoms with van der Waals surface area (Å²) in [6.07, 6.45) is -0.132. The maximum atomic E-state index is 13.2. The molecule has 0 saturated carbocycles. The number of nitrogens with one attached hydrogen (secondary N) is 1. The number of ether oxygens (including phenoxy) is 1. The standard InChI is InChI=1S/C22H31N3O5S2/c1-15-12-25(16(2)14-26)21(27)11-17-10-18(23-32(28,29)22-6-5-9-31-22)7-8-19(17)30-20(15)13-24(3)4/h5-10,15-16,20,23,26H,11-14H2,1-4H3/t15-,16-,20+/m0/s1. The number of fused-ring (bicyclic) bond motifs is 1. The first-order chi connectivity index (χ1) is 15.1. The summed E-state index contributed by atoms with van der Waals surface area (Å²) in [4.78, 5) is 16.9. The van der Waals surface area contributed by atoms with E-state index in [4.69, 9.17) is 4.74 Å². The van der Waals surface area contributed by atoms with Crippen molar-refractivity contribution in [2.24, 2.45) is 5.92 Å². The number of carbonyl (C=O) groups excluding carboxylic acids is 1. The molecule has 2 heterocycles. The molecule has 10 heteroatoms. The summed E-state index contributed by atoms with van der Waals surface area (Å²) in [7, 11) is 0.223. The van der Waals surface area contributed by atoms with Gasteiger partial charge in [-0.25, -0.2) is 8.42 Å². The summed E-state index contributed by atoms with van der Waals surface area (Å²) in [5, 5.41) is 11.4. The van der Waals surface area contributed by atoms with Crippen LogP contribution >= 0.6 is 11.3 Å². The van der Waals surface area contributed by atoms with E-state index in [-0.39, 0.29) is 41.2 Å². The number of nitrogens with zero attached hydrogens (tertiary/aromatic N) is 2. The van der Waals surface area contributed by atoms with Gasteiger partial charge in [0.05, 0.1) is 19.1 Å². The average molecular weight is 482 g/mol. The lowest BCUT2D eigenvalue weighted by Gasteiger charge is -2.33. The van der Waals surface area contributed by atoms with Crippen molar-refractivity contribution in [3.63, 3.8) is 0 Å². The largest absolute Gasteiger partial charge is 0.488 e. The zero-order valence-electron chi connectivity index (χ0n) is 18.8. The molecule has 0 bridgehead atoms. The monoisotopic (exact) mass is 481 g/mol. The predicted octanol–water partition coefficient (Wildman–Crippen LogP) is 2.26. The lowest BCUT2D eigenvalue weighted by atomic mass is 10.0. The Morgan fingerprint density at radius 2 is 2.09 bits per heavy atom. The Balaban J connectivity index is 1.97. The van der Waals surface area contributed by atoms with Gasteiger partial charge in [-0.15, -0.1) is 11.3 Å². The number of rotatable bonds is 7. The highest BCUT2D eigenvalue weighted by molar-refractivity contribution is 7.94. The first-order valence-corrected chi connectivity index (χ1v) is 12.9. The molecule has 0 aliphatic carbocycles. The minimum atomic E-state index is -3.70. The molecular formula is C22H31N3O5S2. The maximum Gasteiger partial charge on any atom is 0.271 e.